The van der Waals surface area contributed by atoms with E-state index in [2.05, 4.69) is 15.9 Å². The molecule has 0 unspecified atom stereocenters. The van der Waals surface area contributed by atoms with Crippen molar-refractivity contribution in [2.45, 2.75) is 0 Å². The molecule has 86 valence electrons. The smallest absolute Gasteiger partial charge is 0.339 e. The lowest BCUT2D eigenvalue weighted by molar-refractivity contribution is 0.0694. The molecular formula is C13H9BrO3. The van der Waals surface area contributed by atoms with Gasteiger partial charge < -0.3 is 9.84 Å². The van der Waals surface area contributed by atoms with Crippen molar-refractivity contribution in [1.82, 2.24) is 0 Å². The molecule has 2 rings (SSSR count). The van der Waals surface area contributed by atoms with Gasteiger partial charge in [-0.25, -0.2) is 4.79 Å². The summed E-state index contributed by atoms with van der Waals surface area (Å²) in [5, 5.41) is 9.01. The molecule has 3 nitrogen and oxygen atoms in total. The van der Waals surface area contributed by atoms with Crippen LogP contribution in [-0.4, -0.2) is 11.1 Å². The Bertz CT molecular complexity index is 552. The fraction of sp³-hybridized carbons (Fsp3) is 0. The number of aromatic carboxylic acids is 1. The molecule has 0 aliphatic carbocycles. The van der Waals surface area contributed by atoms with Crippen molar-refractivity contribution in [2.75, 3.05) is 0 Å². The van der Waals surface area contributed by atoms with Crippen LogP contribution in [0, 0.1) is 0 Å². The van der Waals surface area contributed by atoms with Gasteiger partial charge in [-0.15, -0.1) is 0 Å². The summed E-state index contributed by atoms with van der Waals surface area (Å²) in [7, 11) is 0. The van der Waals surface area contributed by atoms with E-state index >= 15 is 0 Å². The zero-order valence-electron chi connectivity index (χ0n) is 8.76. The van der Waals surface area contributed by atoms with Crippen molar-refractivity contribution in [2.24, 2.45) is 0 Å². The second-order valence-electron chi connectivity index (χ2n) is 3.36. The van der Waals surface area contributed by atoms with Gasteiger partial charge in [-0.2, -0.15) is 0 Å². The summed E-state index contributed by atoms with van der Waals surface area (Å²) in [5.41, 5.74) is 0.146. The van der Waals surface area contributed by atoms with Gasteiger partial charge >= 0.3 is 5.97 Å². The van der Waals surface area contributed by atoms with E-state index in [1.165, 1.54) is 6.07 Å². The molecule has 2 aromatic carbocycles. The van der Waals surface area contributed by atoms with Crippen LogP contribution in [0.1, 0.15) is 10.4 Å². The molecule has 1 N–H and O–H groups in total. The van der Waals surface area contributed by atoms with Crippen molar-refractivity contribution < 1.29 is 14.6 Å². The van der Waals surface area contributed by atoms with E-state index in [4.69, 9.17) is 9.84 Å². The van der Waals surface area contributed by atoms with Gasteiger partial charge in [0.1, 0.15) is 17.1 Å². The topological polar surface area (TPSA) is 46.5 Å². The summed E-state index contributed by atoms with van der Waals surface area (Å²) in [6.45, 7) is 0. The minimum Gasteiger partial charge on any atom is -0.478 e. The summed E-state index contributed by atoms with van der Waals surface area (Å²) in [6, 6.07) is 13.8. The van der Waals surface area contributed by atoms with Crippen LogP contribution in [0.25, 0.3) is 0 Å². The lowest BCUT2D eigenvalue weighted by Gasteiger charge is -2.08. The number of ether oxygens (including phenoxy) is 1. The lowest BCUT2D eigenvalue weighted by atomic mass is 10.2. The molecule has 0 atom stereocenters. The number of carboxylic acids is 1. The summed E-state index contributed by atoms with van der Waals surface area (Å²) < 4.78 is 6.42. The third-order valence-electron chi connectivity index (χ3n) is 2.14. The van der Waals surface area contributed by atoms with Crippen molar-refractivity contribution in [1.29, 1.82) is 0 Å². The average molecular weight is 293 g/mol. The summed E-state index contributed by atoms with van der Waals surface area (Å²) in [4.78, 5) is 11.0. The van der Waals surface area contributed by atoms with E-state index in [1.807, 2.05) is 12.1 Å². The van der Waals surface area contributed by atoms with E-state index in [0.717, 1.165) is 4.47 Å². The molecule has 0 aliphatic heterocycles. The molecule has 17 heavy (non-hydrogen) atoms. The van der Waals surface area contributed by atoms with E-state index in [0.29, 0.717) is 11.5 Å². The molecular weight excluding hydrogens is 284 g/mol. The van der Waals surface area contributed by atoms with E-state index in [9.17, 15) is 4.79 Å². The molecule has 0 amide bonds. The highest BCUT2D eigenvalue weighted by atomic mass is 79.9. The third kappa shape index (κ3) is 2.85. The van der Waals surface area contributed by atoms with Crippen LogP contribution in [0.4, 0.5) is 0 Å². The van der Waals surface area contributed by atoms with Gasteiger partial charge in [0.05, 0.1) is 0 Å². The Kier molecular flexibility index (Phi) is 3.44. The van der Waals surface area contributed by atoms with Gasteiger partial charge in [-0.3, -0.25) is 0 Å². The van der Waals surface area contributed by atoms with Crippen LogP contribution in [0.15, 0.2) is 53.0 Å². The first kappa shape index (κ1) is 11.7. The van der Waals surface area contributed by atoms with Crippen molar-refractivity contribution in [3.8, 4) is 11.5 Å². The third-order valence-corrected chi connectivity index (χ3v) is 2.63. The highest BCUT2D eigenvalue weighted by molar-refractivity contribution is 9.10. The van der Waals surface area contributed by atoms with Gasteiger partial charge in [0.15, 0.2) is 0 Å². The Morgan fingerprint density at radius 1 is 1.12 bits per heavy atom. The summed E-state index contributed by atoms with van der Waals surface area (Å²) in [6.07, 6.45) is 0. The van der Waals surface area contributed by atoms with Gasteiger partial charge in [0.2, 0.25) is 0 Å². The molecule has 0 saturated carbocycles. The molecule has 0 bridgehead atoms. The van der Waals surface area contributed by atoms with Crippen LogP contribution < -0.4 is 4.74 Å². The number of carboxylic acid groups (broad SMARTS) is 1. The van der Waals surface area contributed by atoms with E-state index in [1.54, 1.807) is 30.3 Å². The van der Waals surface area contributed by atoms with Gasteiger partial charge in [-0.05, 0) is 30.3 Å². The highest BCUT2D eigenvalue weighted by Gasteiger charge is 2.10. The molecule has 0 spiro atoms. The number of halogens is 1. The Morgan fingerprint density at radius 2 is 1.88 bits per heavy atom. The Balaban J connectivity index is 2.33. The number of carbonyl (C=O) groups is 1. The maximum Gasteiger partial charge on any atom is 0.339 e. The number of hydrogen-bond donors (Lipinski definition) is 1. The molecule has 4 heteroatoms. The summed E-state index contributed by atoms with van der Waals surface area (Å²) >= 11 is 3.33. The monoisotopic (exact) mass is 292 g/mol. The first-order valence-electron chi connectivity index (χ1n) is 4.92. The van der Waals surface area contributed by atoms with E-state index < -0.39 is 5.97 Å². The highest BCUT2D eigenvalue weighted by Crippen LogP contribution is 2.27. The average Bonchev–Trinajstić information content (AvgIpc) is 2.29. The van der Waals surface area contributed by atoms with Crippen molar-refractivity contribution in [3.63, 3.8) is 0 Å². The fourth-order valence-electron chi connectivity index (χ4n) is 1.39. The van der Waals surface area contributed by atoms with Gasteiger partial charge in [0, 0.05) is 4.47 Å². The molecule has 2 aromatic rings. The zero-order valence-corrected chi connectivity index (χ0v) is 10.3. The van der Waals surface area contributed by atoms with Crippen LogP contribution in [0.5, 0.6) is 11.5 Å². The van der Waals surface area contributed by atoms with E-state index in [-0.39, 0.29) is 5.56 Å². The number of hydrogen-bond acceptors (Lipinski definition) is 2. The van der Waals surface area contributed by atoms with Crippen molar-refractivity contribution in [3.05, 3.63) is 58.6 Å². The maximum absolute atomic E-state index is 11.0. The Labute approximate surface area is 107 Å². The molecule has 0 fully saturated rings. The Hall–Kier alpha value is -1.81. The molecule has 0 heterocycles. The fourth-order valence-corrected chi connectivity index (χ4v) is 1.77. The molecule has 0 aliphatic rings. The molecule has 0 saturated heterocycles. The molecule has 0 aromatic heterocycles. The number of benzene rings is 2. The second kappa shape index (κ2) is 5.01. The van der Waals surface area contributed by atoms with Crippen LogP contribution in [0.2, 0.25) is 0 Å². The first-order chi connectivity index (χ1) is 8.16. The Morgan fingerprint density at radius 3 is 2.59 bits per heavy atom. The minimum absolute atomic E-state index is 0.146. The van der Waals surface area contributed by atoms with Crippen LogP contribution in [0.3, 0.4) is 0 Å². The predicted molar refractivity (Wildman–Crippen MR) is 67.6 cm³/mol. The largest absolute Gasteiger partial charge is 0.478 e. The first-order valence-corrected chi connectivity index (χ1v) is 5.72. The minimum atomic E-state index is -1.00. The lowest BCUT2D eigenvalue weighted by Crippen LogP contribution is -1.99. The maximum atomic E-state index is 11.0. The predicted octanol–water partition coefficient (Wildman–Crippen LogP) is 3.94. The quantitative estimate of drug-likeness (QED) is 0.932. The van der Waals surface area contributed by atoms with Gasteiger partial charge in [-0.1, -0.05) is 34.1 Å². The SMILES string of the molecule is O=C(O)c1ccccc1Oc1cccc(Br)c1. The summed E-state index contributed by atoms with van der Waals surface area (Å²) in [5.74, 6) is -0.0817. The van der Waals surface area contributed by atoms with Crippen LogP contribution >= 0.6 is 15.9 Å². The zero-order chi connectivity index (χ0) is 12.3. The van der Waals surface area contributed by atoms with Crippen molar-refractivity contribution >= 4 is 21.9 Å². The van der Waals surface area contributed by atoms with Gasteiger partial charge in [0.25, 0.3) is 0 Å². The standard InChI is InChI=1S/C13H9BrO3/c14-9-4-3-5-10(8-9)17-12-7-2-1-6-11(12)13(15)16/h1-8H,(H,15,16). The normalized spacial score (nSPS) is 9.94. The molecule has 0 radical (unpaired) electrons. The van der Waals surface area contributed by atoms with Crippen LogP contribution in [-0.2, 0) is 0 Å². The number of rotatable bonds is 3. The number of para-hydroxylation sites is 1. The second-order valence-corrected chi connectivity index (χ2v) is 4.28.